The molecule has 0 N–H and O–H groups in total. The molecule has 9 heteroatoms. The van der Waals surface area contributed by atoms with Gasteiger partial charge in [-0.05, 0) is 5.53 Å². The third-order valence-electron chi connectivity index (χ3n) is 2.19. The number of hydrogen-bond donors (Lipinski definition) is 0. The first-order chi connectivity index (χ1) is 8.45. The molecule has 0 bridgehead atoms. The molecular formula is C9H12ClN3O5. The lowest BCUT2D eigenvalue weighted by molar-refractivity contribution is -0.154. The summed E-state index contributed by atoms with van der Waals surface area (Å²) in [5, 5.41) is 2.51. The Morgan fingerprint density at radius 2 is 2.11 bits per heavy atom. The fourth-order valence-corrected chi connectivity index (χ4v) is 1.83. The first-order valence-electron chi connectivity index (χ1n) is 5.10. The van der Waals surface area contributed by atoms with Gasteiger partial charge < -0.3 is 14.2 Å². The molecule has 1 aliphatic rings. The molecule has 8 nitrogen and oxygen atoms in total. The van der Waals surface area contributed by atoms with E-state index in [1.165, 1.54) is 13.8 Å². The fourth-order valence-electron chi connectivity index (χ4n) is 1.51. The maximum absolute atomic E-state index is 10.9. The third-order valence-corrected chi connectivity index (χ3v) is 2.65. The van der Waals surface area contributed by atoms with Gasteiger partial charge in [0, 0.05) is 18.8 Å². The Morgan fingerprint density at radius 1 is 1.44 bits per heavy atom. The van der Waals surface area contributed by atoms with Gasteiger partial charge in [-0.1, -0.05) is 5.11 Å². The summed E-state index contributed by atoms with van der Waals surface area (Å²) < 4.78 is 15.0. The molecule has 0 aliphatic carbocycles. The first kappa shape index (κ1) is 14.6. The second-order valence-electron chi connectivity index (χ2n) is 3.59. The van der Waals surface area contributed by atoms with Gasteiger partial charge in [0.25, 0.3) is 0 Å². The van der Waals surface area contributed by atoms with Crippen molar-refractivity contribution in [3.05, 3.63) is 10.4 Å². The van der Waals surface area contributed by atoms with Gasteiger partial charge in [0.15, 0.2) is 12.3 Å². The van der Waals surface area contributed by atoms with Crippen molar-refractivity contribution in [3.63, 3.8) is 0 Å². The maximum Gasteiger partial charge on any atom is 0.303 e. The Morgan fingerprint density at radius 3 is 2.61 bits per heavy atom. The molecule has 1 aliphatic heterocycles. The number of nitrogens with zero attached hydrogens (tertiary/aromatic N) is 3. The third kappa shape index (κ3) is 3.76. The van der Waals surface area contributed by atoms with Crippen LogP contribution in [0.4, 0.5) is 0 Å². The van der Waals surface area contributed by atoms with Gasteiger partial charge >= 0.3 is 11.9 Å². The number of ether oxygens (including phenoxy) is 3. The van der Waals surface area contributed by atoms with Gasteiger partial charge in [-0.25, -0.2) is 0 Å². The van der Waals surface area contributed by atoms with Crippen LogP contribution in [-0.2, 0) is 23.8 Å². The van der Waals surface area contributed by atoms with Crippen molar-refractivity contribution in [2.24, 2.45) is 5.11 Å². The number of azide groups is 1. The van der Waals surface area contributed by atoms with E-state index in [2.05, 4.69) is 10.0 Å². The Balaban J connectivity index is 2.74. The molecule has 1 fully saturated rings. The van der Waals surface area contributed by atoms with E-state index in [1.807, 2.05) is 0 Å². The van der Waals surface area contributed by atoms with Crippen LogP contribution < -0.4 is 0 Å². The van der Waals surface area contributed by atoms with E-state index in [0.29, 0.717) is 0 Å². The number of halogens is 1. The van der Waals surface area contributed by atoms with Crippen molar-refractivity contribution >= 4 is 23.5 Å². The SMILES string of the molecule is CC(=O)OC[C@H]1O[C@H](N=[N+]=[N-])[C@H](Cl)[C@@H]1OC(C)=O. The second kappa shape index (κ2) is 6.44. The molecule has 1 heterocycles. The molecule has 0 saturated carbocycles. The highest BCUT2D eigenvalue weighted by molar-refractivity contribution is 6.21. The summed E-state index contributed by atoms with van der Waals surface area (Å²) in [5.74, 6) is -1.05. The lowest BCUT2D eigenvalue weighted by Crippen LogP contribution is -2.36. The van der Waals surface area contributed by atoms with Crippen LogP contribution in [0, 0.1) is 0 Å². The molecule has 0 aromatic carbocycles. The fraction of sp³-hybridized carbons (Fsp3) is 0.778. The normalized spacial score (nSPS) is 30.4. The van der Waals surface area contributed by atoms with E-state index < -0.39 is 35.8 Å². The first-order valence-corrected chi connectivity index (χ1v) is 5.53. The van der Waals surface area contributed by atoms with Gasteiger partial charge in [-0.15, -0.1) is 11.6 Å². The van der Waals surface area contributed by atoms with Crippen LogP contribution >= 0.6 is 11.6 Å². The highest BCUT2D eigenvalue weighted by Crippen LogP contribution is 2.29. The molecule has 0 unspecified atom stereocenters. The molecule has 0 aromatic heterocycles. The van der Waals surface area contributed by atoms with Crippen molar-refractivity contribution < 1.29 is 23.8 Å². The Bertz CT molecular complexity index is 384. The maximum atomic E-state index is 10.9. The molecule has 18 heavy (non-hydrogen) atoms. The highest BCUT2D eigenvalue weighted by Gasteiger charge is 2.46. The van der Waals surface area contributed by atoms with Crippen LogP contribution in [0.1, 0.15) is 13.8 Å². The monoisotopic (exact) mass is 277 g/mol. The molecule has 1 saturated heterocycles. The van der Waals surface area contributed by atoms with Gasteiger partial charge in [-0.3, -0.25) is 9.59 Å². The van der Waals surface area contributed by atoms with E-state index >= 15 is 0 Å². The summed E-state index contributed by atoms with van der Waals surface area (Å²) in [4.78, 5) is 24.2. The average molecular weight is 278 g/mol. The molecule has 0 radical (unpaired) electrons. The van der Waals surface area contributed by atoms with E-state index in [0.717, 1.165) is 0 Å². The lowest BCUT2D eigenvalue weighted by atomic mass is 10.2. The van der Waals surface area contributed by atoms with E-state index in [4.69, 9.17) is 31.3 Å². The largest absolute Gasteiger partial charge is 0.463 e. The lowest BCUT2D eigenvalue weighted by Gasteiger charge is -2.19. The van der Waals surface area contributed by atoms with Crippen LogP contribution in [-0.4, -0.2) is 42.4 Å². The zero-order chi connectivity index (χ0) is 13.7. The van der Waals surface area contributed by atoms with Crippen molar-refractivity contribution in [2.45, 2.75) is 37.7 Å². The van der Waals surface area contributed by atoms with Crippen molar-refractivity contribution in [1.82, 2.24) is 0 Å². The van der Waals surface area contributed by atoms with E-state index in [-0.39, 0.29) is 6.61 Å². The predicted octanol–water partition coefficient (Wildman–Crippen LogP) is 1.12. The topological polar surface area (TPSA) is 111 Å². The number of hydrogen-bond acceptors (Lipinski definition) is 6. The predicted molar refractivity (Wildman–Crippen MR) is 59.6 cm³/mol. The molecule has 1 rings (SSSR count). The minimum Gasteiger partial charge on any atom is -0.463 e. The quantitative estimate of drug-likeness (QED) is 0.251. The van der Waals surface area contributed by atoms with Crippen molar-refractivity contribution in [2.75, 3.05) is 6.61 Å². The highest BCUT2D eigenvalue weighted by atomic mass is 35.5. The average Bonchev–Trinajstić information content (AvgIpc) is 2.55. The Kier molecular flexibility index (Phi) is 5.21. The van der Waals surface area contributed by atoms with Crippen LogP contribution in [0.25, 0.3) is 10.4 Å². The van der Waals surface area contributed by atoms with Crippen molar-refractivity contribution in [1.29, 1.82) is 0 Å². The smallest absolute Gasteiger partial charge is 0.303 e. The number of carbonyl (C=O) groups is 2. The summed E-state index contributed by atoms with van der Waals surface area (Å²) in [6.07, 6.45) is -2.56. The minimum absolute atomic E-state index is 0.131. The standard InChI is InChI=1S/C9H12ClN3O5/c1-4(14)16-3-6-8(17-5(2)15)7(10)9(18-6)12-13-11/h6-9H,3H2,1-2H3/t6-,7-,8-,9+/m1/s1. The zero-order valence-corrected chi connectivity index (χ0v) is 10.5. The van der Waals surface area contributed by atoms with Crippen LogP contribution in [0.5, 0.6) is 0 Å². The van der Waals surface area contributed by atoms with Crippen LogP contribution in [0.2, 0.25) is 0 Å². The minimum atomic E-state index is -0.971. The summed E-state index contributed by atoms with van der Waals surface area (Å²) in [6, 6.07) is 0. The number of rotatable bonds is 4. The van der Waals surface area contributed by atoms with Gasteiger partial charge in [0.1, 0.15) is 18.1 Å². The molecule has 0 aromatic rings. The van der Waals surface area contributed by atoms with E-state index in [9.17, 15) is 9.59 Å². The number of alkyl halides is 1. The summed E-state index contributed by atoms with van der Waals surface area (Å²) in [6.45, 7) is 2.32. The molecule has 0 amide bonds. The molecule has 0 spiro atoms. The Hall–Kier alpha value is -1.50. The molecule has 4 atom stereocenters. The van der Waals surface area contributed by atoms with Crippen LogP contribution in [0.3, 0.4) is 0 Å². The van der Waals surface area contributed by atoms with Gasteiger partial charge in [0.2, 0.25) is 0 Å². The number of esters is 2. The van der Waals surface area contributed by atoms with Crippen molar-refractivity contribution in [3.8, 4) is 0 Å². The van der Waals surface area contributed by atoms with E-state index in [1.54, 1.807) is 0 Å². The van der Waals surface area contributed by atoms with Gasteiger partial charge in [-0.2, -0.15) is 0 Å². The summed E-state index contributed by atoms with van der Waals surface area (Å²) in [5.41, 5.74) is 8.34. The van der Waals surface area contributed by atoms with Crippen LogP contribution in [0.15, 0.2) is 5.11 Å². The Labute approximate surface area is 108 Å². The molecular weight excluding hydrogens is 266 g/mol. The molecule has 100 valence electrons. The summed E-state index contributed by atoms with van der Waals surface area (Å²) in [7, 11) is 0. The van der Waals surface area contributed by atoms with Gasteiger partial charge in [0.05, 0.1) is 0 Å². The number of carbonyl (C=O) groups excluding carboxylic acids is 2. The summed E-state index contributed by atoms with van der Waals surface area (Å²) >= 11 is 5.97. The second-order valence-corrected chi connectivity index (χ2v) is 4.10. The zero-order valence-electron chi connectivity index (χ0n) is 9.78.